The lowest BCUT2D eigenvalue weighted by Gasteiger charge is -2.33. The minimum Gasteiger partial charge on any atom is -0.467 e. The molecule has 3 fully saturated rings. The van der Waals surface area contributed by atoms with Crippen molar-refractivity contribution in [1.82, 2.24) is 14.9 Å². The van der Waals surface area contributed by atoms with Crippen molar-refractivity contribution in [2.75, 3.05) is 61.2 Å². The van der Waals surface area contributed by atoms with Crippen LogP contribution < -0.4 is 9.05 Å². The summed E-state index contributed by atoms with van der Waals surface area (Å²) in [7, 11) is -6.58. The number of carbonyl (C=O) groups is 5. The van der Waals surface area contributed by atoms with Crippen molar-refractivity contribution in [3.8, 4) is 11.5 Å². The van der Waals surface area contributed by atoms with Crippen LogP contribution in [-0.4, -0.2) is 138 Å². The van der Waals surface area contributed by atoms with Gasteiger partial charge < -0.3 is 38.1 Å². The number of esters is 2. The van der Waals surface area contributed by atoms with Gasteiger partial charge in [-0.3, -0.25) is 33.2 Å². The number of benzene rings is 2. The Balaban J connectivity index is 0.000000254. The predicted molar refractivity (Wildman–Crippen MR) is 215 cm³/mol. The summed E-state index contributed by atoms with van der Waals surface area (Å²) in [4.78, 5) is 78.9. The van der Waals surface area contributed by atoms with E-state index >= 15 is 0 Å². The fourth-order valence-electron chi connectivity index (χ4n) is 6.01. The zero-order valence-corrected chi connectivity index (χ0v) is 37.1. The van der Waals surface area contributed by atoms with Crippen LogP contribution in [0.25, 0.3) is 0 Å². The molecule has 3 saturated heterocycles. The summed E-state index contributed by atoms with van der Waals surface area (Å²) < 4.78 is 67.8. The molecule has 2 aromatic carbocycles. The zero-order valence-electron chi connectivity index (χ0n) is 34.4. The quantitative estimate of drug-likeness (QED) is 0.144. The molecule has 0 radical (unpaired) electrons. The molecule has 5 atom stereocenters. The Bertz CT molecular complexity index is 1830. The van der Waals surface area contributed by atoms with Crippen LogP contribution in [0.1, 0.15) is 49.7 Å². The summed E-state index contributed by atoms with van der Waals surface area (Å²) >= 11 is 0. The number of rotatable bonds is 13. The Morgan fingerprint density at radius 3 is 1.33 bits per heavy atom. The van der Waals surface area contributed by atoms with Gasteiger partial charge in [0.2, 0.25) is 11.8 Å². The van der Waals surface area contributed by atoms with Gasteiger partial charge in [0.1, 0.15) is 17.2 Å². The maximum atomic E-state index is 13.3. The molecule has 3 aliphatic heterocycles. The molecule has 0 bridgehead atoms. The maximum Gasteiger partial charge on any atom is 0.392 e. The summed E-state index contributed by atoms with van der Waals surface area (Å²) in [6, 6.07) is 13.6. The van der Waals surface area contributed by atoms with Crippen LogP contribution >= 0.6 is 22.8 Å². The SMILES string of the molecule is CN1CCCC(P(=O)(O)O)C1=O.COC(=O)COP(=O)(Oc1ccc(C)cc1)C1CCCN(C)C1=O.COC(=O)COP(=O)(Oc1ccc(C)cc1)C1CCCN(O)C1=O. The molecular formula is C37H54N3O17P3. The topological polar surface area (TPSA) is 262 Å². The second-order valence-electron chi connectivity index (χ2n) is 14.1. The highest BCUT2D eigenvalue weighted by Crippen LogP contribution is 2.57. The highest BCUT2D eigenvalue weighted by molar-refractivity contribution is 7.56. The largest absolute Gasteiger partial charge is 0.467 e. The van der Waals surface area contributed by atoms with Crippen LogP contribution in [0, 0.1) is 13.8 Å². The third-order valence-corrected chi connectivity index (χ3v) is 15.2. The van der Waals surface area contributed by atoms with E-state index in [4.69, 9.17) is 27.9 Å². The summed E-state index contributed by atoms with van der Waals surface area (Å²) in [5.41, 5.74) is -1.22. The number of likely N-dealkylation sites (tertiary alicyclic amines) is 2. The summed E-state index contributed by atoms with van der Waals surface area (Å²) in [6.07, 6.45) is 2.70. The number of piperidine rings is 3. The van der Waals surface area contributed by atoms with Gasteiger partial charge >= 0.3 is 34.7 Å². The summed E-state index contributed by atoms with van der Waals surface area (Å²) in [6.45, 7) is 3.98. The smallest absolute Gasteiger partial charge is 0.392 e. The Morgan fingerprint density at radius 2 is 0.967 bits per heavy atom. The molecule has 5 unspecified atom stereocenters. The van der Waals surface area contributed by atoms with Gasteiger partial charge in [0.05, 0.1) is 14.2 Å². The molecule has 0 aliphatic carbocycles. The minimum absolute atomic E-state index is 0.150. The van der Waals surface area contributed by atoms with Gasteiger partial charge in [-0.2, -0.15) is 0 Å². The summed E-state index contributed by atoms with van der Waals surface area (Å²) in [5.74, 6) is -2.34. The average Bonchev–Trinajstić information content (AvgIpc) is 3.21. The van der Waals surface area contributed by atoms with E-state index in [1.54, 1.807) is 62.6 Å². The molecule has 60 heavy (non-hydrogen) atoms. The third kappa shape index (κ3) is 14.5. The number of nitrogens with zero attached hydrogens (tertiary/aromatic N) is 3. The van der Waals surface area contributed by atoms with Gasteiger partial charge in [-0.25, -0.2) is 23.8 Å². The van der Waals surface area contributed by atoms with E-state index < -0.39 is 76.7 Å². The Kier molecular flexibility index (Phi) is 19.0. The molecule has 3 heterocycles. The number of carbonyl (C=O) groups excluding carboxylic acids is 5. The van der Waals surface area contributed by atoms with E-state index in [-0.39, 0.29) is 24.6 Å². The number of hydroxylamine groups is 2. The van der Waals surface area contributed by atoms with Gasteiger partial charge in [-0.15, -0.1) is 0 Å². The van der Waals surface area contributed by atoms with Crippen molar-refractivity contribution in [1.29, 1.82) is 0 Å². The summed E-state index contributed by atoms with van der Waals surface area (Å²) in [5, 5.41) is 10.1. The second-order valence-corrected chi connectivity index (χ2v) is 20.2. The van der Waals surface area contributed by atoms with Crippen LogP contribution in [0.3, 0.4) is 0 Å². The molecule has 3 N–H and O–H groups in total. The first-order valence-corrected chi connectivity index (χ1v) is 23.7. The van der Waals surface area contributed by atoms with E-state index in [2.05, 4.69) is 9.47 Å². The van der Waals surface area contributed by atoms with E-state index in [0.29, 0.717) is 56.0 Å². The van der Waals surface area contributed by atoms with Crippen LogP contribution in [0.4, 0.5) is 0 Å². The average molecular weight is 906 g/mol. The Morgan fingerprint density at radius 1 is 0.617 bits per heavy atom. The van der Waals surface area contributed by atoms with Gasteiger partial charge in [0.15, 0.2) is 24.5 Å². The standard InChI is InChI=1S/C16H22NO6P.C15H20NO7P.C6H12NO4P/c1-12-6-8-13(9-7-12)23-24(20,22-11-15(18)21-3)14-5-4-10-17(2)16(14)19;1-11-5-7-12(8-6-11)23-24(20,22-10-14(17)21-2)13-4-3-9-16(19)15(13)18;1-7-4-2-3-5(6(7)8)12(9,10)11/h6-9,14H,4-5,10-11H2,1-3H3;5-8,13,19H,3-4,9-10H2,1-2H3;5H,2-4H2,1H3,(H2,9,10,11). The van der Waals surface area contributed by atoms with Gasteiger partial charge in [0.25, 0.3) is 5.91 Å². The van der Waals surface area contributed by atoms with Crippen molar-refractivity contribution >= 4 is 52.4 Å². The first-order chi connectivity index (χ1) is 28.1. The Hall–Kier alpha value is -4.12. The van der Waals surface area contributed by atoms with E-state index in [1.807, 2.05) is 13.8 Å². The van der Waals surface area contributed by atoms with E-state index in [1.165, 1.54) is 24.0 Å². The molecule has 2 aromatic rings. The molecule has 5 rings (SSSR count). The predicted octanol–water partition coefficient (Wildman–Crippen LogP) is 4.30. The van der Waals surface area contributed by atoms with E-state index in [0.717, 1.165) is 11.1 Å². The van der Waals surface area contributed by atoms with E-state index in [9.17, 15) is 42.9 Å². The first-order valence-electron chi connectivity index (χ1n) is 18.8. The lowest BCUT2D eigenvalue weighted by Crippen LogP contribution is -2.43. The molecule has 23 heteroatoms. The van der Waals surface area contributed by atoms with Gasteiger partial charge in [0, 0.05) is 33.7 Å². The number of hydrogen-bond acceptors (Lipinski definition) is 15. The first kappa shape index (κ1) is 50.2. The minimum atomic E-state index is -4.23. The Labute approximate surface area is 348 Å². The number of ether oxygens (including phenoxy) is 2. The lowest BCUT2D eigenvalue weighted by molar-refractivity contribution is -0.169. The number of methoxy groups -OCH3 is 2. The van der Waals surface area contributed by atoms with Crippen molar-refractivity contribution in [3.05, 3.63) is 59.7 Å². The normalized spacial score (nSPS) is 21.5. The second kappa shape index (κ2) is 22.6. The molecular weight excluding hydrogens is 851 g/mol. The van der Waals surface area contributed by atoms with Gasteiger partial charge in [-0.05, 0) is 76.6 Å². The molecule has 0 aromatic heterocycles. The van der Waals surface area contributed by atoms with Crippen LogP contribution in [0.2, 0.25) is 0 Å². The molecule has 3 aliphatic rings. The van der Waals surface area contributed by atoms with Crippen LogP contribution in [0.15, 0.2) is 48.5 Å². The third-order valence-electron chi connectivity index (χ3n) is 9.51. The number of aryl methyl sites for hydroxylation is 2. The fraction of sp³-hybridized carbons (Fsp3) is 0.541. The van der Waals surface area contributed by atoms with Crippen molar-refractivity contribution in [2.24, 2.45) is 0 Å². The monoisotopic (exact) mass is 905 g/mol. The molecule has 0 spiro atoms. The fourth-order valence-corrected chi connectivity index (χ4v) is 11.0. The molecule has 334 valence electrons. The van der Waals surface area contributed by atoms with Crippen LogP contribution in [0.5, 0.6) is 11.5 Å². The molecule has 0 saturated carbocycles. The number of hydrogen-bond donors (Lipinski definition) is 3. The highest BCUT2D eigenvalue weighted by Gasteiger charge is 2.48. The van der Waals surface area contributed by atoms with Crippen LogP contribution in [-0.2, 0) is 56.2 Å². The maximum absolute atomic E-state index is 13.3. The highest BCUT2D eigenvalue weighted by atomic mass is 31.2. The number of amides is 3. The van der Waals surface area contributed by atoms with Crippen molar-refractivity contribution < 1.29 is 80.2 Å². The zero-order chi connectivity index (χ0) is 44.8. The molecule has 3 amide bonds. The van der Waals surface area contributed by atoms with Gasteiger partial charge in [-0.1, -0.05) is 35.4 Å². The van der Waals surface area contributed by atoms with Crippen molar-refractivity contribution in [3.63, 3.8) is 0 Å². The van der Waals surface area contributed by atoms with Crippen molar-refractivity contribution in [2.45, 2.75) is 69.3 Å². The lowest BCUT2D eigenvalue weighted by atomic mass is 10.1. The molecule has 20 nitrogen and oxygen atoms in total.